The number of hydrogen-bond acceptors (Lipinski definition) is 2. The smallest absolute Gasteiger partial charge is 0.131 e. The maximum Gasteiger partial charge on any atom is 0.131 e. The van der Waals surface area contributed by atoms with Crippen molar-refractivity contribution in [2.24, 2.45) is 0 Å². The first-order valence-electron chi connectivity index (χ1n) is 4.53. The number of pyridine rings is 1. The van der Waals surface area contributed by atoms with Crippen molar-refractivity contribution in [2.45, 2.75) is 20.3 Å². The van der Waals surface area contributed by atoms with E-state index >= 15 is 0 Å². The second-order valence-corrected chi connectivity index (χ2v) is 2.66. The lowest BCUT2D eigenvalue weighted by Crippen LogP contribution is -2.13. The molecule has 1 aromatic heterocycles. The van der Waals surface area contributed by atoms with Gasteiger partial charge >= 0.3 is 0 Å². The van der Waals surface area contributed by atoms with E-state index in [1.165, 1.54) is 5.56 Å². The van der Waals surface area contributed by atoms with Gasteiger partial charge in [-0.15, -0.1) is 0 Å². The van der Waals surface area contributed by atoms with Gasteiger partial charge in [-0.25, -0.2) is 4.98 Å². The van der Waals surface area contributed by atoms with Gasteiger partial charge in [-0.3, -0.25) is 0 Å². The maximum absolute atomic E-state index is 4.27. The number of rotatable bonds is 0. The van der Waals surface area contributed by atoms with Gasteiger partial charge in [-0.1, -0.05) is 19.9 Å². The second kappa shape index (κ2) is 4.10. The van der Waals surface area contributed by atoms with Crippen molar-refractivity contribution in [1.82, 2.24) is 4.98 Å². The molecule has 1 aromatic rings. The highest BCUT2D eigenvalue weighted by molar-refractivity contribution is 5.50. The van der Waals surface area contributed by atoms with Crippen molar-refractivity contribution in [1.29, 1.82) is 0 Å². The van der Waals surface area contributed by atoms with Crippen LogP contribution in [0.5, 0.6) is 0 Å². The zero-order valence-electron chi connectivity index (χ0n) is 8.04. The summed E-state index contributed by atoms with van der Waals surface area (Å²) < 4.78 is 0. The molecule has 0 bridgehead atoms. The Labute approximate surface area is 74.2 Å². The van der Waals surface area contributed by atoms with E-state index in [0.717, 1.165) is 18.8 Å². The molecule has 12 heavy (non-hydrogen) atoms. The minimum atomic E-state index is 1.12. The van der Waals surface area contributed by atoms with Gasteiger partial charge in [0.05, 0.1) is 0 Å². The van der Waals surface area contributed by atoms with E-state index in [1.807, 2.05) is 26.1 Å². The van der Waals surface area contributed by atoms with Crippen molar-refractivity contribution in [3.8, 4) is 0 Å². The van der Waals surface area contributed by atoms with E-state index in [9.17, 15) is 0 Å². The molecule has 0 amide bonds. The number of fused-ring (bicyclic) bond motifs is 1. The Morgan fingerprint density at radius 1 is 1.42 bits per heavy atom. The largest absolute Gasteiger partial charge is 0.359 e. The molecule has 0 N–H and O–H groups in total. The number of anilines is 1. The Morgan fingerprint density at radius 3 is 2.83 bits per heavy atom. The van der Waals surface area contributed by atoms with Gasteiger partial charge < -0.3 is 4.90 Å². The highest BCUT2D eigenvalue weighted by Gasteiger charge is 2.14. The van der Waals surface area contributed by atoms with Crippen molar-refractivity contribution < 1.29 is 0 Å². The number of aromatic nitrogens is 1. The van der Waals surface area contributed by atoms with E-state index in [0.29, 0.717) is 0 Å². The molecule has 1 aliphatic heterocycles. The van der Waals surface area contributed by atoms with Gasteiger partial charge in [0.1, 0.15) is 5.82 Å². The topological polar surface area (TPSA) is 16.1 Å². The summed E-state index contributed by atoms with van der Waals surface area (Å²) in [6.45, 7) is 5.12. The van der Waals surface area contributed by atoms with Gasteiger partial charge in [-0.05, 0) is 18.1 Å². The van der Waals surface area contributed by atoms with Crippen LogP contribution in [0.15, 0.2) is 18.3 Å². The van der Waals surface area contributed by atoms with Crippen LogP contribution in [0.25, 0.3) is 0 Å². The molecule has 0 saturated carbocycles. The van der Waals surface area contributed by atoms with E-state index in [2.05, 4.69) is 23.0 Å². The fourth-order valence-electron chi connectivity index (χ4n) is 1.36. The van der Waals surface area contributed by atoms with E-state index in [4.69, 9.17) is 0 Å². The molecular formula is C10H16N2. The third-order valence-corrected chi connectivity index (χ3v) is 1.95. The third kappa shape index (κ3) is 1.58. The highest BCUT2D eigenvalue weighted by Crippen LogP contribution is 2.22. The molecule has 2 heteroatoms. The van der Waals surface area contributed by atoms with Crippen LogP contribution in [0, 0.1) is 0 Å². The van der Waals surface area contributed by atoms with Gasteiger partial charge in [0.25, 0.3) is 0 Å². The Balaban J connectivity index is 0.000000336. The van der Waals surface area contributed by atoms with Crippen molar-refractivity contribution in [3.63, 3.8) is 0 Å². The van der Waals surface area contributed by atoms with Crippen LogP contribution >= 0.6 is 0 Å². The first kappa shape index (κ1) is 9.04. The summed E-state index contributed by atoms with van der Waals surface area (Å²) in [6.07, 6.45) is 3.00. The minimum Gasteiger partial charge on any atom is -0.359 e. The fraction of sp³-hybridized carbons (Fsp3) is 0.500. The summed E-state index contributed by atoms with van der Waals surface area (Å²) in [5.41, 5.74) is 1.38. The SMILES string of the molecule is CC.CN1CCc2cccnc21. The summed E-state index contributed by atoms with van der Waals surface area (Å²) in [6, 6.07) is 4.14. The molecule has 2 heterocycles. The molecular weight excluding hydrogens is 148 g/mol. The van der Waals surface area contributed by atoms with E-state index in [-0.39, 0.29) is 0 Å². The minimum absolute atomic E-state index is 1.12. The first-order valence-corrected chi connectivity index (χ1v) is 4.53. The van der Waals surface area contributed by atoms with Crippen LogP contribution in [0.3, 0.4) is 0 Å². The molecule has 0 aromatic carbocycles. The molecule has 0 aliphatic carbocycles. The van der Waals surface area contributed by atoms with Crippen LogP contribution < -0.4 is 4.90 Å². The summed E-state index contributed by atoms with van der Waals surface area (Å²) >= 11 is 0. The van der Waals surface area contributed by atoms with Gasteiger partial charge in [0.15, 0.2) is 0 Å². The Morgan fingerprint density at radius 2 is 2.17 bits per heavy atom. The number of likely N-dealkylation sites (N-methyl/N-ethyl adjacent to an activating group) is 1. The number of nitrogens with zero attached hydrogens (tertiary/aromatic N) is 2. The van der Waals surface area contributed by atoms with E-state index < -0.39 is 0 Å². The average molecular weight is 164 g/mol. The van der Waals surface area contributed by atoms with E-state index in [1.54, 1.807) is 0 Å². The molecule has 0 spiro atoms. The Bertz CT molecular complexity index is 245. The molecule has 0 atom stereocenters. The lowest BCUT2D eigenvalue weighted by molar-refractivity contribution is 0.945. The zero-order valence-corrected chi connectivity index (χ0v) is 8.04. The van der Waals surface area contributed by atoms with Gasteiger partial charge in [0.2, 0.25) is 0 Å². The average Bonchev–Trinajstić information content (AvgIpc) is 2.53. The van der Waals surface area contributed by atoms with Crippen LogP contribution in [0.1, 0.15) is 19.4 Å². The standard InChI is InChI=1S/C8H10N2.C2H6/c1-10-6-4-7-3-2-5-9-8(7)10;1-2/h2-3,5H,4,6H2,1H3;1-2H3. The molecule has 0 fully saturated rings. The monoisotopic (exact) mass is 164 g/mol. The normalized spacial score (nSPS) is 13.4. The van der Waals surface area contributed by atoms with Crippen molar-refractivity contribution >= 4 is 5.82 Å². The van der Waals surface area contributed by atoms with Crippen LogP contribution in [0.2, 0.25) is 0 Å². The fourth-order valence-corrected chi connectivity index (χ4v) is 1.36. The summed E-state index contributed by atoms with van der Waals surface area (Å²) in [4.78, 5) is 6.46. The lowest BCUT2D eigenvalue weighted by atomic mass is 10.2. The maximum atomic E-state index is 4.27. The summed E-state index contributed by atoms with van der Waals surface area (Å²) in [7, 11) is 2.08. The molecule has 0 radical (unpaired) electrons. The van der Waals surface area contributed by atoms with Crippen molar-refractivity contribution in [3.05, 3.63) is 23.9 Å². The molecule has 0 saturated heterocycles. The van der Waals surface area contributed by atoms with Crippen LogP contribution in [0.4, 0.5) is 5.82 Å². The molecule has 1 aliphatic rings. The zero-order chi connectivity index (χ0) is 8.97. The Kier molecular flexibility index (Phi) is 3.09. The first-order chi connectivity index (χ1) is 5.88. The molecule has 0 unspecified atom stereocenters. The van der Waals surface area contributed by atoms with Gasteiger partial charge in [-0.2, -0.15) is 0 Å². The summed E-state index contributed by atoms with van der Waals surface area (Å²) in [5.74, 6) is 1.16. The second-order valence-electron chi connectivity index (χ2n) is 2.66. The molecule has 66 valence electrons. The van der Waals surface area contributed by atoms with Crippen LogP contribution in [-0.4, -0.2) is 18.6 Å². The van der Waals surface area contributed by atoms with Gasteiger partial charge in [0, 0.05) is 19.8 Å². The predicted molar refractivity (Wildman–Crippen MR) is 52.6 cm³/mol. The summed E-state index contributed by atoms with van der Waals surface area (Å²) in [5, 5.41) is 0. The van der Waals surface area contributed by atoms with Crippen molar-refractivity contribution in [2.75, 3.05) is 18.5 Å². The lowest BCUT2D eigenvalue weighted by Gasteiger charge is -2.08. The highest BCUT2D eigenvalue weighted by atomic mass is 15.2. The quantitative estimate of drug-likeness (QED) is 0.583. The number of hydrogen-bond donors (Lipinski definition) is 0. The van der Waals surface area contributed by atoms with Crippen LogP contribution in [-0.2, 0) is 6.42 Å². The molecule has 2 nitrogen and oxygen atoms in total. The molecule has 2 rings (SSSR count). The third-order valence-electron chi connectivity index (χ3n) is 1.95. The predicted octanol–water partition coefficient (Wildman–Crippen LogP) is 2.10. The Hall–Kier alpha value is -1.05.